The number of aliphatic hydroxyl groups excluding tert-OH is 1. The van der Waals surface area contributed by atoms with Gasteiger partial charge in [0.05, 0.1) is 11.1 Å². The van der Waals surface area contributed by atoms with E-state index in [0.717, 1.165) is 17.7 Å². The van der Waals surface area contributed by atoms with E-state index in [4.69, 9.17) is 11.6 Å². The summed E-state index contributed by atoms with van der Waals surface area (Å²) in [5, 5.41) is 11.6. The fraction of sp³-hybridized carbons (Fsp3) is 0.222. The molecule has 1 fully saturated rings. The molecule has 0 radical (unpaired) electrons. The predicted molar refractivity (Wildman–Crippen MR) is 129 cm³/mol. The molecule has 7 heteroatoms. The molecule has 34 heavy (non-hydrogen) atoms. The lowest BCUT2D eigenvalue weighted by Crippen LogP contribution is -2.44. The Labute approximate surface area is 202 Å². The van der Waals surface area contributed by atoms with Crippen LogP contribution < -0.4 is 4.90 Å². The van der Waals surface area contributed by atoms with E-state index in [0.29, 0.717) is 45.4 Å². The topological polar surface area (TPSA) is 77.9 Å². The van der Waals surface area contributed by atoms with Crippen LogP contribution in [-0.4, -0.2) is 40.8 Å². The molecule has 172 valence electrons. The first-order valence-electron chi connectivity index (χ1n) is 11.2. The van der Waals surface area contributed by atoms with Gasteiger partial charge in [0.1, 0.15) is 12.6 Å². The maximum Gasteiger partial charge on any atom is 0.262 e. The molecule has 5 rings (SSSR count). The standard InChI is InChI=1S/C27H23ClN2O4/c28-19-12-13-23(22(14-19)25(32)18-6-2-1-3-7-18)29(15-17-10-11-17)24(31)16-30-26(33)20-8-4-5-9-21(20)27(30)34/h1-9,12-14,17,25,32H,10-11,15-16H2/t25-/m1/s1. The van der Waals surface area contributed by atoms with Crippen LogP contribution in [0.25, 0.3) is 0 Å². The highest BCUT2D eigenvalue weighted by atomic mass is 35.5. The van der Waals surface area contributed by atoms with Crippen molar-refractivity contribution in [2.75, 3.05) is 18.0 Å². The third kappa shape index (κ3) is 4.22. The molecule has 3 aromatic carbocycles. The van der Waals surface area contributed by atoms with Crippen molar-refractivity contribution in [1.82, 2.24) is 4.90 Å². The van der Waals surface area contributed by atoms with Gasteiger partial charge in [0, 0.05) is 22.8 Å². The summed E-state index contributed by atoms with van der Waals surface area (Å²) in [5.74, 6) is -0.990. The molecule has 2 aliphatic rings. The molecule has 0 unspecified atom stereocenters. The van der Waals surface area contributed by atoms with Gasteiger partial charge in [-0.2, -0.15) is 0 Å². The third-order valence-corrected chi connectivity index (χ3v) is 6.54. The highest BCUT2D eigenvalue weighted by Crippen LogP contribution is 2.37. The van der Waals surface area contributed by atoms with Crippen LogP contribution in [0.15, 0.2) is 72.8 Å². The third-order valence-electron chi connectivity index (χ3n) is 6.30. The zero-order valence-corrected chi connectivity index (χ0v) is 19.1. The average molecular weight is 475 g/mol. The first-order valence-corrected chi connectivity index (χ1v) is 11.6. The number of hydrogen-bond donors (Lipinski definition) is 1. The Morgan fingerprint density at radius 3 is 2.21 bits per heavy atom. The van der Waals surface area contributed by atoms with E-state index >= 15 is 0 Å². The van der Waals surface area contributed by atoms with Gasteiger partial charge in [-0.1, -0.05) is 54.1 Å². The molecule has 0 bridgehead atoms. The lowest BCUT2D eigenvalue weighted by Gasteiger charge is -2.28. The Morgan fingerprint density at radius 1 is 0.971 bits per heavy atom. The van der Waals surface area contributed by atoms with Crippen molar-refractivity contribution < 1.29 is 19.5 Å². The Balaban J connectivity index is 1.48. The second kappa shape index (κ2) is 9.05. The van der Waals surface area contributed by atoms with Crippen molar-refractivity contribution in [1.29, 1.82) is 0 Å². The largest absolute Gasteiger partial charge is 0.384 e. The maximum atomic E-state index is 13.6. The molecule has 1 aliphatic heterocycles. The number of benzene rings is 3. The summed E-state index contributed by atoms with van der Waals surface area (Å²) >= 11 is 6.27. The molecule has 3 amide bonds. The van der Waals surface area contributed by atoms with Gasteiger partial charge in [0.15, 0.2) is 0 Å². The van der Waals surface area contributed by atoms with Crippen LogP contribution in [0, 0.1) is 5.92 Å². The van der Waals surface area contributed by atoms with E-state index in [9.17, 15) is 19.5 Å². The zero-order valence-electron chi connectivity index (χ0n) is 18.4. The summed E-state index contributed by atoms with van der Waals surface area (Å²) in [5.41, 5.74) is 2.30. The number of carbonyl (C=O) groups excluding carboxylic acids is 3. The number of rotatable bonds is 7. The maximum absolute atomic E-state index is 13.6. The summed E-state index contributed by atoms with van der Waals surface area (Å²) < 4.78 is 0. The van der Waals surface area contributed by atoms with E-state index < -0.39 is 17.9 Å². The van der Waals surface area contributed by atoms with Gasteiger partial charge in [-0.15, -0.1) is 0 Å². The van der Waals surface area contributed by atoms with Gasteiger partial charge in [-0.25, -0.2) is 0 Å². The Bertz CT molecular complexity index is 1240. The molecule has 0 aromatic heterocycles. The van der Waals surface area contributed by atoms with Crippen LogP contribution in [0.2, 0.25) is 5.02 Å². The molecule has 1 heterocycles. The molecule has 1 saturated carbocycles. The SMILES string of the molecule is O=C1c2ccccc2C(=O)N1CC(=O)N(CC1CC1)c1ccc(Cl)cc1[C@H](O)c1ccccc1. The average Bonchev–Trinajstić information content (AvgIpc) is 3.66. The van der Waals surface area contributed by atoms with E-state index in [2.05, 4.69) is 0 Å². The van der Waals surface area contributed by atoms with Gasteiger partial charge >= 0.3 is 0 Å². The number of nitrogens with zero attached hydrogens (tertiary/aromatic N) is 2. The van der Waals surface area contributed by atoms with Crippen molar-refractivity contribution in [3.05, 3.63) is 100 Å². The van der Waals surface area contributed by atoms with Crippen molar-refractivity contribution in [2.45, 2.75) is 18.9 Å². The Kier molecular flexibility index (Phi) is 5.94. The van der Waals surface area contributed by atoms with Gasteiger partial charge in [0.25, 0.3) is 11.8 Å². The number of anilines is 1. The lowest BCUT2D eigenvalue weighted by molar-refractivity contribution is -0.119. The molecule has 1 aliphatic carbocycles. The molecule has 0 saturated heterocycles. The van der Waals surface area contributed by atoms with Crippen LogP contribution >= 0.6 is 11.6 Å². The minimum atomic E-state index is -0.997. The lowest BCUT2D eigenvalue weighted by atomic mass is 9.99. The summed E-state index contributed by atoms with van der Waals surface area (Å²) in [6, 6.07) is 20.8. The first kappa shape index (κ1) is 22.3. The molecular weight excluding hydrogens is 452 g/mol. The van der Waals surface area contributed by atoms with Crippen molar-refractivity contribution in [2.24, 2.45) is 5.92 Å². The number of imide groups is 1. The molecule has 1 N–H and O–H groups in total. The number of carbonyl (C=O) groups is 3. The zero-order chi connectivity index (χ0) is 23.8. The number of amides is 3. The van der Waals surface area contributed by atoms with Gasteiger partial charge in [-0.05, 0) is 54.7 Å². The van der Waals surface area contributed by atoms with Crippen LogP contribution in [0.4, 0.5) is 5.69 Å². The number of fused-ring (bicyclic) bond motifs is 1. The molecule has 0 spiro atoms. The second-order valence-corrected chi connectivity index (χ2v) is 9.14. The normalized spacial score (nSPS) is 15.9. The highest BCUT2D eigenvalue weighted by molar-refractivity contribution is 6.30. The van der Waals surface area contributed by atoms with Crippen LogP contribution in [-0.2, 0) is 4.79 Å². The monoisotopic (exact) mass is 474 g/mol. The molecular formula is C27H23ClN2O4. The second-order valence-electron chi connectivity index (χ2n) is 8.71. The highest BCUT2D eigenvalue weighted by Gasteiger charge is 2.38. The predicted octanol–water partition coefficient (Wildman–Crippen LogP) is 4.46. The van der Waals surface area contributed by atoms with Crippen LogP contribution in [0.5, 0.6) is 0 Å². The Morgan fingerprint density at radius 2 is 1.59 bits per heavy atom. The first-order chi connectivity index (χ1) is 16.4. The summed E-state index contributed by atoms with van der Waals surface area (Å²) in [7, 11) is 0. The van der Waals surface area contributed by atoms with E-state index in [1.165, 1.54) is 0 Å². The van der Waals surface area contributed by atoms with Gasteiger partial charge in [0.2, 0.25) is 5.91 Å². The van der Waals surface area contributed by atoms with Gasteiger partial charge in [-0.3, -0.25) is 19.3 Å². The van der Waals surface area contributed by atoms with E-state index in [1.807, 2.05) is 18.2 Å². The fourth-order valence-electron chi connectivity index (χ4n) is 4.30. The smallest absolute Gasteiger partial charge is 0.262 e. The minimum absolute atomic E-state index is 0.306. The minimum Gasteiger partial charge on any atom is -0.384 e. The number of aliphatic hydroxyl groups is 1. The molecule has 6 nitrogen and oxygen atoms in total. The van der Waals surface area contributed by atoms with E-state index in [-0.39, 0.29) is 12.5 Å². The van der Waals surface area contributed by atoms with Crippen molar-refractivity contribution in [3.63, 3.8) is 0 Å². The summed E-state index contributed by atoms with van der Waals surface area (Å²) in [6.07, 6.45) is 1.01. The summed E-state index contributed by atoms with van der Waals surface area (Å²) in [6.45, 7) is 0.0701. The summed E-state index contributed by atoms with van der Waals surface area (Å²) in [4.78, 5) is 41.8. The number of halogens is 1. The van der Waals surface area contributed by atoms with Crippen LogP contribution in [0.3, 0.4) is 0 Å². The van der Waals surface area contributed by atoms with Gasteiger partial charge < -0.3 is 10.0 Å². The molecule has 1 atom stereocenters. The molecule has 3 aromatic rings. The number of hydrogen-bond acceptors (Lipinski definition) is 4. The van der Waals surface area contributed by atoms with Crippen molar-refractivity contribution in [3.8, 4) is 0 Å². The van der Waals surface area contributed by atoms with E-state index in [1.54, 1.807) is 59.5 Å². The fourth-order valence-corrected chi connectivity index (χ4v) is 4.48. The quantitative estimate of drug-likeness (QED) is 0.513. The van der Waals surface area contributed by atoms with Crippen molar-refractivity contribution >= 4 is 35.0 Å². The van der Waals surface area contributed by atoms with Crippen LogP contribution in [0.1, 0.15) is 50.8 Å². The Hall–Kier alpha value is -3.48.